The van der Waals surface area contributed by atoms with Crippen LogP contribution in [0.1, 0.15) is 47.2 Å². The summed E-state index contributed by atoms with van der Waals surface area (Å²) >= 11 is 0. The summed E-state index contributed by atoms with van der Waals surface area (Å²) < 4.78 is 5.42. The Morgan fingerprint density at radius 1 is 0.935 bits per heavy atom. The van der Waals surface area contributed by atoms with Gasteiger partial charge in [0, 0.05) is 47.4 Å². The van der Waals surface area contributed by atoms with Gasteiger partial charge in [-0.2, -0.15) is 0 Å². The Morgan fingerprint density at radius 2 is 1.52 bits per heavy atom. The molecule has 0 saturated carbocycles. The second-order valence-corrected chi connectivity index (χ2v) is 7.24. The van der Waals surface area contributed by atoms with Crippen molar-refractivity contribution in [3.05, 3.63) is 59.3 Å². The van der Waals surface area contributed by atoms with Gasteiger partial charge in [0.1, 0.15) is 0 Å². The number of anilines is 2. The van der Waals surface area contributed by atoms with Gasteiger partial charge in [-0.15, -0.1) is 0 Å². The smallest absolute Gasteiger partial charge is 0.338 e. The number of aromatic nitrogens is 1. The Morgan fingerprint density at radius 3 is 2.10 bits per heavy atom. The molecule has 31 heavy (non-hydrogen) atoms. The number of amides is 2. The van der Waals surface area contributed by atoms with Crippen LogP contribution >= 0.6 is 0 Å². The number of hydrogen-bond donors (Lipinski definition) is 3. The molecule has 0 aliphatic rings. The molecule has 0 radical (unpaired) electrons. The molecule has 0 aliphatic carbocycles. The number of para-hydroxylation sites is 1. The van der Waals surface area contributed by atoms with E-state index in [1.165, 1.54) is 39.0 Å². The molecule has 3 aromatic rings. The minimum atomic E-state index is -1.04. The fourth-order valence-electron chi connectivity index (χ4n) is 3.38. The Labute approximate surface area is 179 Å². The zero-order chi connectivity index (χ0) is 22.7. The molecule has 2 amide bonds. The summed E-state index contributed by atoms with van der Waals surface area (Å²) in [6, 6.07) is 11.8. The molecule has 0 bridgehead atoms. The van der Waals surface area contributed by atoms with E-state index in [9.17, 15) is 19.2 Å². The fourth-order valence-corrected chi connectivity index (χ4v) is 3.38. The molecule has 0 aliphatic heterocycles. The summed E-state index contributed by atoms with van der Waals surface area (Å²) in [6.45, 7) is 5.95. The molecule has 0 spiro atoms. The molecule has 3 rings (SSSR count). The zero-order valence-electron chi connectivity index (χ0n) is 17.7. The molecular formula is C23H23N3O5. The Bertz CT molecular complexity index is 1160. The summed E-state index contributed by atoms with van der Waals surface area (Å²) in [5, 5.41) is 5.90. The van der Waals surface area contributed by atoms with Crippen molar-refractivity contribution in [2.24, 2.45) is 0 Å². The number of H-pyrrole nitrogens is 1. The van der Waals surface area contributed by atoms with E-state index >= 15 is 0 Å². The molecule has 3 N–H and O–H groups in total. The molecule has 1 heterocycles. The van der Waals surface area contributed by atoms with E-state index in [1.54, 1.807) is 6.92 Å². The number of fused-ring (bicyclic) bond motifs is 1. The number of hydrogen-bond acceptors (Lipinski definition) is 5. The number of carbonyl (C=O) groups excluding carboxylic acids is 4. The largest absolute Gasteiger partial charge is 0.451 e. The number of carbonyl (C=O) groups is 4. The van der Waals surface area contributed by atoms with Gasteiger partial charge in [-0.3, -0.25) is 14.4 Å². The van der Waals surface area contributed by atoms with Crippen molar-refractivity contribution in [3.8, 4) is 0 Å². The summed E-state index contributed by atoms with van der Waals surface area (Å²) in [5.41, 5.74) is 2.71. The lowest BCUT2D eigenvalue weighted by molar-refractivity contribution is -0.115. The first kappa shape index (κ1) is 21.8. The Kier molecular flexibility index (Phi) is 6.20. The first-order valence-corrected chi connectivity index (χ1v) is 9.68. The highest BCUT2D eigenvalue weighted by atomic mass is 16.5. The molecule has 2 aromatic carbocycles. The van der Waals surface area contributed by atoms with Crippen molar-refractivity contribution in [3.63, 3.8) is 0 Å². The molecule has 1 atom stereocenters. The van der Waals surface area contributed by atoms with Crippen LogP contribution in [0.15, 0.2) is 42.5 Å². The highest BCUT2D eigenvalue weighted by molar-refractivity contribution is 6.12. The SMILES string of the molecule is CC(=O)Nc1cc(NC(C)=O)cc(C(=O)OC(C)C(=O)c2c(C)[nH]c3ccccc23)c1. The van der Waals surface area contributed by atoms with Gasteiger partial charge in [-0.1, -0.05) is 18.2 Å². The van der Waals surface area contributed by atoms with Crippen LogP contribution in [-0.2, 0) is 14.3 Å². The highest BCUT2D eigenvalue weighted by Gasteiger charge is 2.25. The average molecular weight is 421 g/mol. The summed E-state index contributed by atoms with van der Waals surface area (Å²) in [5.74, 6) is -1.75. The molecule has 0 fully saturated rings. The lowest BCUT2D eigenvalue weighted by atomic mass is 10.0. The standard InChI is InChI=1S/C23H23N3O5/c1-12-21(19-7-5-6-8-20(19)24-12)22(29)13(2)31-23(30)16-9-17(25-14(3)27)11-18(10-16)26-15(4)28/h5-11,13,24H,1-4H3,(H,25,27)(H,26,28). The van der Waals surface area contributed by atoms with Crippen LogP contribution in [0.3, 0.4) is 0 Å². The fraction of sp³-hybridized carbons (Fsp3) is 0.217. The number of ketones is 1. The maximum atomic E-state index is 13.0. The molecule has 1 aromatic heterocycles. The quantitative estimate of drug-likeness (QED) is 0.413. The monoisotopic (exact) mass is 421 g/mol. The second kappa shape index (κ2) is 8.83. The van der Waals surface area contributed by atoms with E-state index in [0.29, 0.717) is 22.6 Å². The van der Waals surface area contributed by atoms with Gasteiger partial charge in [0.15, 0.2) is 6.10 Å². The third-order valence-corrected chi connectivity index (χ3v) is 4.60. The molecule has 160 valence electrons. The van der Waals surface area contributed by atoms with Crippen LogP contribution in [0.25, 0.3) is 10.9 Å². The lowest BCUT2D eigenvalue weighted by Gasteiger charge is -2.14. The number of esters is 1. The van der Waals surface area contributed by atoms with Gasteiger partial charge in [0.2, 0.25) is 17.6 Å². The highest BCUT2D eigenvalue weighted by Crippen LogP contribution is 2.25. The zero-order valence-corrected chi connectivity index (χ0v) is 17.7. The van der Waals surface area contributed by atoms with Crippen LogP contribution in [0, 0.1) is 6.92 Å². The normalized spacial score (nSPS) is 11.6. The van der Waals surface area contributed by atoms with Crippen molar-refractivity contribution in [2.75, 3.05) is 10.6 Å². The number of aryl methyl sites for hydroxylation is 1. The van der Waals surface area contributed by atoms with Crippen LogP contribution in [-0.4, -0.2) is 34.7 Å². The molecule has 8 nitrogen and oxygen atoms in total. The first-order chi connectivity index (χ1) is 14.7. The van der Waals surface area contributed by atoms with Gasteiger partial charge in [0.25, 0.3) is 0 Å². The van der Waals surface area contributed by atoms with Crippen molar-refractivity contribution >= 4 is 45.8 Å². The Balaban J connectivity index is 1.85. The second-order valence-electron chi connectivity index (χ2n) is 7.24. The van der Waals surface area contributed by atoms with Crippen molar-refractivity contribution in [2.45, 2.75) is 33.8 Å². The Hall–Kier alpha value is -3.94. The van der Waals surface area contributed by atoms with E-state index in [4.69, 9.17) is 4.74 Å². The van der Waals surface area contributed by atoms with E-state index in [1.807, 2.05) is 24.3 Å². The maximum Gasteiger partial charge on any atom is 0.338 e. The number of nitrogens with one attached hydrogen (secondary N) is 3. The number of aromatic amines is 1. The van der Waals surface area contributed by atoms with Crippen molar-refractivity contribution in [1.29, 1.82) is 0 Å². The topological polar surface area (TPSA) is 117 Å². The molecule has 1 unspecified atom stereocenters. The molecule has 8 heteroatoms. The van der Waals surface area contributed by atoms with Gasteiger partial charge in [-0.05, 0) is 38.1 Å². The predicted octanol–water partition coefficient (Wildman–Crippen LogP) is 3.82. The van der Waals surface area contributed by atoms with Gasteiger partial charge < -0.3 is 20.4 Å². The van der Waals surface area contributed by atoms with Crippen molar-refractivity contribution in [1.82, 2.24) is 4.98 Å². The minimum Gasteiger partial charge on any atom is -0.451 e. The van der Waals surface area contributed by atoms with Crippen LogP contribution in [0.5, 0.6) is 0 Å². The average Bonchev–Trinajstić information content (AvgIpc) is 3.01. The third kappa shape index (κ3) is 4.98. The lowest BCUT2D eigenvalue weighted by Crippen LogP contribution is -2.25. The molecule has 0 saturated heterocycles. The van der Waals surface area contributed by atoms with E-state index in [-0.39, 0.29) is 23.2 Å². The van der Waals surface area contributed by atoms with Crippen molar-refractivity contribution < 1.29 is 23.9 Å². The van der Waals surface area contributed by atoms with Gasteiger partial charge in [0.05, 0.1) is 5.56 Å². The third-order valence-electron chi connectivity index (χ3n) is 4.60. The van der Waals surface area contributed by atoms with Gasteiger partial charge in [-0.25, -0.2) is 4.79 Å². The summed E-state index contributed by atoms with van der Waals surface area (Å²) in [4.78, 5) is 51.7. The first-order valence-electron chi connectivity index (χ1n) is 9.68. The number of ether oxygens (including phenoxy) is 1. The van der Waals surface area contributed by atoms with E-state index < -0.39 is 12.1 Å². The number of Topliss-reactive ketones (excluding diaryl/α,β-unsaturated/α-hetero) is 1. The van der Waals surface area contributed by atoms with E-state index in [0.717, 1.165) is 10.9 Å². The van der Waals surface area contributed by atoms with Crippen LogP contribution in [0.2, 0.25) is 0 Å². The predicted molar refractivity (Wildman–Crippen MR) is 117 cm³/mol. The maximum absolute atomic E-state index is 13.0. The summed E-state index contributed by atoms with van der Waals surface area (Å²) in [6.07, 6.45) is -1.04. The van der Waals surface area contributed by atoms with Crippen LogP contribution < -0.4 is 10.6 Å². The minimum absolute atomic E-state index is 0.0882. The van der Waals surface area contributed by atoms with E-state index in [2.05, 4.69) is 15.6 Å². The summed E-state index contributed by atoms with van der Waals surface area (Å²) in [7, 11) is 0. The number of benzene rings is 2. The number of rotatable bonds is 6. The molecular weight excluding hydrogens is 398 g/mol. The van der Waals surface area contributed by atoms with Gasteiger partial charge >= 0.3 is 5.97 Å². The van der Waals surface area contributed by atoms with Crippen LogP contribution in [0.4, 0.5) is 11.4 Å².